The maximum absolute atomic E-state index is 11.1. The molecule has 1 aliphatic rings. The SMILES string of the molecule is COc1ccc(NC(C)=O)cc1NCC1CCNCC1. The van der Waals surface area contributed by atoms with Gasteiger partial charge in [0.2, 0.25) is 5.91 Å². The highest BCUT2D eigenvalue weighted by Crippen LogP contribution is 2.28. The molecule has 5 heteroatoms. The average Bonchev–Trinajstić information content (AvgIpc) is 2.46. The number of carbonyl (C=O) groups excluding carboxylic acids is 1. The van der Waals surface area contributed by atoms with E-state index in [2.05, 4.69) is 16.0 Å². The second kappa shape index (κ2) is 7.14. The predicted molar refractivity (Wildman–Crippen MR) is 81.4 cm³/mol. The Labute approximate surface area is 120 Å². The van der Waals surface area contributed by atoms with E-state index in [4.69, 9.17) is 4.74 Å². The van der Waals surface area contributed by atoms with Crippen molar-refractivity contribution < 1.29 is 9.53 Å². The molecule has 0 radical (unpaired) electrons. The van der Waals surface area contributed by atoms with Gasteiger partial charge < -0.3 is 20.7 Å². The van der Waals surface area contributed by atoms with Crippen LogP contribution in [0.3, 0.4) is 0 Å². The summed E-state index contributed by atoms with van der Waals surface area (Å²) in [4.78, 5) is 11.1. The summed E-state index contributed by atoms with van der Waals surface area (Å²) in [7, 11) is 1.66. The molecule has 1 amide bonds. The Morgan fingerprint density at radius 1 is 1.40 bits per heavy atom. The maximum Gasteiger partial charge on any atom is 0.221 e. The number of benzene rings is 1. The fourth-order valence-corrected chi connectivity index (χ4v) is 2.47. The summed E-state index contributed by atoms with van der Waals surface area (Å²) in [6.45, 7) is 4.62. The van der Waals surface area contributed by atoms with Crippen LogP contribution < -0.4 is 20.7 Å². The molecule has 0 spiro atoms. The molecular formula is C15H23N3O2. The van der Waals surface area contributed by atoms with Crippen molar-refractivity contribution in [2.75, 3.05) is 37.4 Å². The molecule has 2 rings (SSSR count). The standard InChI is InChI=1S/C15H23N3O2/c1-11(19)18-13-3-4-15(20-2)14(9-13)17-10-12-5-7-16-8-6-12/h3-4,9,12,16-17H,5-8,10H2,1-2H3,(H,18,19). The third-order valence-corrected chi connectivity index (χ3v) is 3.56. The minimum atomic E-state index is -0.0699. The fourth-order valence-electron chi connectivity index (χ4n) is 2.47. The van der Waals surface area contributed by atoms with E-state index in [9.17, 15) is 4.79 Å². The zero-order valence-corrected chi connectivity index (χ0v) is 12.2. The molecule has 1 fully saturated rings. The largest absolute Gasteiger partial charge is 0.495 e. The molecule has 1 saturated heterocycles. The number of rotatable bonds is 5. The molecule has 0 unspecified atom stereocenters. The minimum Gasteiger partial charge on any atom is -0.495 e. The second-order valence-electron chi connectivity index (χ2n) is 5.17. The van der Waals surface area contributed by atoms with Crippen LogP contribution in [-0.4, -0.2) is 32.7 Å². The zero-order chi connectivity index (χ0) is 14.4. The second-order valence-corrected chi connectivity index (χ2v) is 5.17. The summed E-state index contributed by atoms with van der Waals surface area (Å²) in [5.74, 6) is 1.41. The fraction of sp³-hybridized carbons (Fsp3) is 0.533. The molecule has 20 heavy (non-hydrogen) atoms. The van der Waals surface area contributed by atoms with Gasteiger partial charge in [0.1, 0.15) is 5.75 Å². The number of hydrogen-bond acceptors (Lipinski definition) is 4. The van der Waals surface area contributed by atoms with Gasteiger partial charge in [0.05, 0.1) is 12.8 Å². The molecule has 0 saturated carbocycles. The van der Waals surface area contributed by atoms with Crippen LogP contribution in [0.4, 0.5) is 11.4 Å². The lowest BCUT2D eigenvalue weighted by Gasteiger charge is -2.24. The van der Waals surface area contributed by atoms with Crippen molar-refractivity contribution in [3.63, 3.8) is 0 Å². The van der Waals surface area contributed by atoms with Crippen molar-refractivity contribution >= 4 is 17.3 Å². The number of methoxy groups -OCH3 is 1. The molecular weight excluding hydrogens is 254 g/mol. The third kappa shape index (κ3) is 4.13. The number of hydrogen-bond donors (Lipinski definition) is 3. The predicted octanol–water partition coefficient (Wildman–Crippen LogP) is 2.07. The highest BCUT2D eigenvalue weighted by Gasteiger charge is 2.13. The van der Waals surface area contributed by atoms with E-state index in [-0.39, 0.29) is 5.91 Å². The van der Waals surface area contributed by atoms with Gasteiger partial charge in [-0.25, -0.2) is 0 Å². The maximum atomic E-state index is 11.1. The van der Waals surface area contributed by atoms with E-state index in [0.717, 1.165) is 36.8 Å². The lowest BCUT2D eigenvalue weighted by molar-refractivity contribution is -0.114. The monoisotopic (exact) mass is 277 g/mol. The van der Waals surface area contributed by atoms with Crippen LogP contribution in [0.25, 0.3) is 0 Å². The molecule has 0 aromatic heterocycles. The number of ether oxygens (including phenoxy) is 1. The highest BCUT2D eigenvalue weighted by molar-refractivity contribution is 5.89. The number of anilines is 2. The summed E-state index contributed by atoms with van der Waals surface area (Å²) < 4.78 is 5.36. The summed E-state index contributed by atoms with van der Waals surface area (Å²) in [6, 6.07) is 5.63. The molecule has 0 bridgehead atoms. The van der Waals surface area contributed by atoms with Crippen molar-refractivity contribution in [2.24, 2.45) is 5.92 Å². The lowest BCUT2D eigenvalue weighted by Crippen LogP contribution is -2.31. The van der Waals surface area contributed by atoms with Gasteiger partial charge in [-0.05, 0) is 50.0 Å². The first-order valence-electron chi connectivity index (χ1n) is 7.09. The van der Waals surface area contributed by atoms with Crippen molar-refractivity contribution in [2.45, 2.75) is 19.8 Å². The first kappa shape index (κ1) is 14.7. The van der Waals surface area contributed by atoms with E-state index in [0.29, 0.717) is 5.92 Å². The average molecular weight is 277 g/mol. The molecule has 1 heterocycles. The third-order valence-electron chi connectivity index (χ3n) is 3.56. The van der Waals surface area contributed by atoms with E-state index in [1.54, 1.807) is 7.11 Å². The van der Waals surface area contributed by atoms with Crippen LogP contribution in [0.5, 0.6) is 5.75 Å². The summed E-state index contributed by atoms with van der Waals surface area (Å²) in [6.07, 6.45) is 2.39. The van der Waals surface area contributed by atoms with Crippen molar-refractivity contribution in [3.8, 4) is 5.75 Å². The Kier molecular flexibility index (Phi) is 5.24. The Morgan fingerprint density at radius 3 is 2.80 bits per heavy atom. The summed E-state index contributed by atoms with van der Waals surface area (Å²) >= 11 is 0. The molecule has 1 aromatic rings. The van der Waals surface area contributed by atoms with Gasteiger partial charge in [-0.15, -0.1) is 0 Å². The van der Waals surface area contributed by atoms with Crippen LogP contribution in [0.2, 0.25) is 0 Å². The van der Waals surface area contributed by atoms with E-state index >= 15 is 0 Å². The zero-order valence-electron chi connectivity index (χ0n) is 12.2. The normalized spacial score (nSPS) is 15.7. The Bertz CT molecular complexity index is 456. The smallest absolute Gasteiger partial charge is 0.221 e. The number of piperidine rings is 1. The van der Waals surface area contributed by atoms with Gasteiger partial charge in [-0.1, -0.05) is 0 Å². The van der Waals surface area contributed by atoms with Crippen LogP contribution in [0.1, 0.15) is 19.8 Å². The highest BCUT2D eigenvalue weighted by atomic mass is 16.5. The van der Waals surface area contributed by atoms with E-state index < -0.39 is 0 Å². The number of amides is 1. The topological polar surface area (TPSA) is 62.4 Å². The van der Waals surface area contributed by atoms with Crippen molar-refractivity contribution in [1.29, 1.82) is 0 Å². The van der Waals surface area contributed by atoms with Crippen LogP contribution in [-0.2, 0) is 4.79 Å². The van der Waals surface area contributed by atoms with Gasteiger partial charge in [0, 0.05) is 19.2 Å². The van der Waals surface area contributed by atoms with Crippen LogP contribution in [0, 0.1) is 5.92 Å². The van der Waals surface area contributed by atoms with E-state index in [1.165, 1.54) is 19.8 Å². The Balaban J connectivity index is 2.01. The van der Waals surface area contributed by atoms with Gasteiger partial charge in [0.25, 0.3) is 0 Å². The Hall–Kier alpha value is -1.75. The quantitative estimate of drug-likeness (QED) is 0.771. The minimum absolute atomic E-state index is 0.0699. The van der Waals surface area contributed by atoms with Gasteiger partial charge in [0.15, 0.2) is 0 Å². The van der Waals surface area contributed by atoms with Gasteiger partial charge in [-0.3, -0.25) is 4.79 Å². The molecule has 110 valence electrons. The number of nitrogens with one attached hydrogen (secondary N) is 3. The lowest BCUT2D eigenvalue weighted by atomic mass is 9.98. The van der Waals surface area contributed by atoms with Crippen LogP contribution >= 0.6 is 0 Å². The Morgan fingerprint density at radius 2 is 2.15 bits per heavy atom. The molecule has 5 nitrogen and oxygen atoms in total. The van der Waals surface area contributed by atoms with Crippen molar-refractivity contribution in [3.05, 3.63) is 18.2 Å². The van der Waals surface area contributed by atoms with Gasteiger partial charge >= 0.3 is 0 Å². The first-order valence-corrected chi connectivity index (χ1v) is 7.09. The molecule has 0 aliphatic carbocycles. The first-order chi connectivity index (χ1) is 9.69. The molecule has 3 N–H and O–H groups in total. The number of carbonyl (C=O) groups is 1. The molecule has 0 atom stereocenters. The van der Waals surface area contributed by atoms with E-state index in [1.807, 2.05) is 18.2 Å². The molecule has 1 aliphatic heterocycles. The van der Waals surface area contributed by atoms with Crippen LogP contribution in [0.15, 0.2) is 18.2 Å². The molecule has 1 aromatic carbocycles. The van der Waals surface area contributed by atoms with Gasteiger partial charge in [-0.2, -0.15) is 0 Å². The summed E-state index contributed by atoms with van der Waals surface area (Å²) in [5, 5.41) is 9.60. The summed E-state index contributed by atoms with van der Waals surface area (Å²) in [5.41, 5.74) is 1.71. The van der Waals surface area contributed by atoms with Crippen molar-refractivity contribution in [1.82, 2.24) is 5.32 Å².